The molecule has 2 saturated heterocycles. The highest BCUT2D eigenvalue weighted by Crippen LogP contribution is 2.42. The van der Waals surface area contributed by atoms with Crippen LogP contribution in [0.5, 0.6) is 0 Å². The molecule has 3 aromatic heterocycles. The number of urea groups is 1. The highest BCUT2D eigenvalue weighted by atomic mass is 32.1. The maximum absolute atomic E-state index is 14.7. The van der Waals surface area contributed by atoms with E-state index in [4.69, 9.17) is 19.4 Å². The van der Waals surface area contributed by atoms with E-state index in [-0.39, 0.29) is 54.7 Å². The molecule has 16 heteroatoms. The highest BCUT2D eigenvalue weighted by molar-refractivity contribution is 7.10. The molecule has 4 aromatic rings. The van der Waals surface area contributed by atoms with Gasteiger partial charge in [-0.2, -0.15) is 0 Å². The average molecular weight is 937 g/mol. The summed E-state index contributed by atoms with van der Waals surface area (Å²) in [5.41, 5.74) is 9.27. The third-order valence-corrected chi connectivity index (χ3v) is 14.8. The fourth-order valence-corrected chi connectivity index (χ4v) is 11.1. The van der Waals surface area contributed by atoms with Crippen LogP contribution >= 0.6 is 11.3 Å². The molecule has 7 rings (SSSR count). The normalized spacial score (nSPS) is 23.3. The quantitative estimate of drug-likeness (QED) is 0.121. The number of nitrogens with zero attached hydrogens (tertiary/aromatic N) is 6. The monoisotopic (exact) mass is 936 g/mol. The molecule has 1 unspecified atom stereocenters. The van der Waals surface area contributed by atoms with Crippen LogP contribution in [0.3, 0.4) is 0 Å². The summed E-state index contributed by atoms with van der Waals surface area (Å²) in [6.07, 6.45) is 5.03. The largest absolute Gasteiger partial charge is 0.464 e. The molecule has 0 spiro atoms. The minimum Gasteiger partial charge on any atom is -0.464 e. The van der Waals surface area contributed by atoms with Gasteiger partial charge >= 0.3 is 12.0 Å². The van der Waals surface area contributed by atoms with Gasteiger partial charge in [0.05, 0.1) is 34.8 Å². The number of allylic oxidation sites excluding steroid dienone is 1. The van der Waals surface area contributed by atoms with Gasteiger partial charge in [-0.25, -0.2) is 15.2 Å². The van der Waals surface area contributed by atoms with Gasteiger partial charge in [0.15, 0.2) is 5.78 Å². The van der Waals surface area contributed by atoms with Crippen molar-refractivity contribution in [2.45, 2.75) is 124 Å². The number of ketones is 1. The predicted octanol–water partition coefficient (Wildman–Crippen LogP) is 7.38. The summed E-state index contributed by atoms with van der Waals surface area (Å²) in [5, 5.41) is 8.13. The van der Waals surface area contributed by atoms with Gasteiger partial charge in [-0.3, -0.25) is 29.2 Å². The van der Waals surface area contributed by atoms with Crippen molar-refractivity contribution in [3.63, 3.8) is 0 Å². The number of esters is 1. The number of rotatable bonds is 10. The standard InChI is InChI=1S/C51H68N8O7S/c1-12-42(60)35-22-31(6)58(26-30(35)5)50(64)56(10)45(29(3)4)47(61)54-39-24-43-53-40(27-67-43)33-18-19-41-36(23-33)37(46(57(41)13-2)34-16-14-20-52-44(34)32(7)65-11)25-51(8,9)28-66-49(63)38-17-15-21-59(55-38)48(39)62/h12,14,16,18-20,23,27,29-32,35,38-39,45,55H,1,13,15,17,21-22,24-26,28H2,2-11H3,(H,54,61)/t30-,31-,32-,35?,38-,39-,45-/m0/s1. The van der Waals surface area contributed by atoms with E-state index in [0.29, 0.717) is 50.3 Å². The molecular formula is C51H68N8O7S. The summed E-state index contributed by atoms with van der Waals surface area (Å²) in [6.45, 7) is 21.1. The summed E-state index contributed by atoms with van der Waals surface area (Å²) in [6, 6.07) is 7.03. The number of benzene rings is 1. The van der Waals surface area contributed by atoms with Gasteiger partial charge < -0.3 is 29.2 Å². The van der Waals surface area contributed by atoms with Crippen molar-refractivity contribution in [3.8, 4) is 22.5 Å². The Kier molecular flexibility index (Phi) is 15.1. The van der Waals surface area contributed by atoms with Crippen molar-refractivity contribution in [1.29, 1.82) is 0 Å². The average Bonchev–Trinajstić information content (AvgIpc) is 3.91. The van der Waals surface area contributed by atoms with Crippen LogP contribution in [0.2, 0.25) is 0 Å². The lowest BCUT2D eigenvalue weighted by atomic mass is 9.80. The van der Waals surface area contributed by atoms with Crippen LogP contribution < -0.4 is 10.7 Å². The number of thiazole rings is 1. The van der Waals surface area contributed by atoms with E-state index in [1.165, 1.54) is 27.3 Å². The molecule has 3 aliphatic heterocycles. The number of carbonyl (C=O) groups is 5. The van der Waals surface area contributed by atoms with Gasteiger partial charge in [-0.05, 0) is 94.2 Å². The van der Waals surface area contributed by atoms with Crippen molar-refractivity contribution in [3.05, 3.63) is 70.8 Å². The van der Waals surface area contributed by atoms with E-state index in [0.717, 1.165) is 44.7 Å². The van der Waals surface area contributed by atoms with E-state index in [2.05, 4.69) is 66.9 Å². The number of methoxy groups -OCH3 is 1. The Labute approximate surface area is 398 Å². The van der Waals surface area contributed by atoms with E-state index in [1.54, 1.807) is 25.3 Å². The topological polar surface area (TPSA) is 168 Å². The Bertz CT molecular complexity index is 2510. The molecule has 6 heterocycles. The number of likely N-dealkylation sites (N-methyl/N-ethyl adjacent to an activating group) is 1. The number of likely N-dealkylation sites (tertiary alicyclic amines) is 1. The smallest absolute Gasteiger partial charge is 0.324 e. The maximum Gasteiger partial charge on any atom is 0.324 e. The Morgan fingerprint density at radius 2 is 1.93 bits per heavy atom. The van der Waals surface area contributed by atoms with Crippen molar-refractivity contribution in [1.82, 2.24) is 40.1 Å². The van der Waals surface area contributed by atoms with Gasteiger partial charge in [-0.1, -0.05) is 47.3 Å². The predicted molar refractivity (Wildman–Crippen MR) is 260 cm³/mol. The number of hydrogen-bond acceptors (Lipinski definition) is 11. The summed E-state index contributed by atoms with van der Waals surface area (Å²) in [4.78, 5) is 83.1. The van der Waals surface area contributed by atoms with E-state index in [1.807, 2.05) is 46.1 Å². The van der Waals surface area contributed by atoms with Crippen LogP contribution in [0, 0.1) is 23.2 Å². The number of fused-ring (bicyclic) bond motifs is 6. The van der Waals surface area contributed by atoms with E-state index in [9.17, 15) is 24.0 Å². The Hall–Kier alpha value is -5.45. The van der Waals surface area contributed by atoms with Crippen LogP contribution in [0.1, 0.15) is 97.0 Å². The second kappa shape index (κ2) is 20.4. The first-order valence-electron chi connectivity index (χ1n) is 23.7. The first-order valence-corrected chi connectivity index (χ1v) is 24.6. The van der Waals surface area contributed by atoms with Crippen molar-refractivity contribution in [2.75, 3.05) is 33.9 Å². The number of aryl methyl sites for hydroxylation is 1. The number of nitrogens with one attached hydrogen (secondary N) is 2. The molecular weight excluding hydrogens is 869 g/mol. The van der Waals surface area contributed by atoms with Crippen LogP contribution in [0.4, 0.5) is 4.79 Å². The van der Waals surface area contributed by atoms with Crippen molar-refractivity contribution < 1.29 is 33.4 Å². The molecule has 15 nitrogen and oxygen atoms in total. The van der Waals surface area contributed by atoms with Gasteiger partial charge in [0.25, 0.3) is 5.91 Å². The van der Waals surface area contributed by atoms with Crippen LogP contribution in [-0.2, 0) is 48.0 Å². The molecule has 6 bridgehead atoms. The molecule has 360 valence electrons. The number of piperidine rings is 1. The molecule has 2 fully saturated rings. The van der Waals surface area contributed by atoms with Crippen LogP contribution in [0.15, 0.2) is 54.6 Å². The van der Waals surface area contributed by atoms with Gasteiger partial charge in [-0.15, -0.1) is 11.3 Å². The number of hydrazine groups is 1. The lowest BCUT2D eigenvalue weighted by molar-refractivity contribution is -0.155. The first-order chi connectivity index (χ1) is 31.9. The summed E-state index contributed by atoms with van der Waals surface area (Å²) >= 11 is 1.41. The number of hydrogen-bond donors (Lipinski definition) is 2. The fourth-order valence-electron chi connectivity index (χ4n) is 10.2. The summed E-state index contributed by atoms with van der Waals surface area (Å²) < 4.78 is 14.2. The molecule has 0 saturated carbocycles. The third kappa shape index (κ3) is 10.2. The number of aromatic nitrogens is 3. The zero-order chi connectivity index (χ0) is 48.5. The minimum atomic E-state index is -1.09. The van der Waals surface area contributed by atoms with Crippen molar-refractivity contribution in [2.24, 2.45) is 23.2 Å². The second-order valence-corrected chi connectivity index (χ2v) is 20.7. The number of ether oxygens (including phenoxy) is 2. The maximum atomic E-state index is 14.7. The van der Waals surface area contributed by atoms with Crippen molar-refractivity contribution >= 4 is 51.8 Å². The molecule has 4 amide bonds. The molecule has 7 atom stereocenters. The second-order valence-electron chi connectivity index (χ2n) is 19.8. The molecule has 0 aliphatic carbocycles. The Morgan fingerprint density at radius 1 is 1.16 bits per heavy atom. The third-order valence-electron chi connectivity index (χ3n) is 13.9. The lowest BCUT2D eigenvalue weighted by Crippen LogP contribution is -2.63. The number of pyridine rings is 1. The summed E-state index contributed by atoms with van der Waals surface area (Å²) in [7, 11) is 3.30. The Morgan fingerprint density at radius 3 is 2.63 bits per heavy atom. The Balaban J connectivity index is 1.26. The molecule has 2 N–H and O–H groups in total. The number of carbonyl (C=O) groups excluding carboxylic acids is 5. The zero-order valence-corrected chi connectivity index (χ0v) is 41.6. The van der Waals surface area contributed by atoms with Crippen LogP contribution in [-0.4, -0.2) is 117 Å². The molecule has 67 heavy (non-hydrogen) atoms. The fraction of sp³-hybridized carbons (Fsp3) is 0.549. The number of cyclic esters (lactones) is 1. The van der Waals surface area contributed by atoms with Gasteiger partial charge in [0, 0.05) is 91.2 Å². The van der Waals surface area contributed by atoms with E-state index < -0.39 is 41.3 Å². The number of amides is 4. The van der Waals surface area contributed by atoms with Gasteiger partial charge in [0.2, 0.25) is 5.91 Å². The molecule has 1 aromatic carbocycles. The highest BCUT2D eigenvalue weighted by Gasteiger charge is 2.42. The minimum absolute atomic E-state index is 0.0316. The zero-order valence-electron chi connectivity index (χ0n) is 40.8. The van der Waals surface area contributed by atoms with Crippen LogP contribution in [0.25, 0.3) is 33.4 Å². The lowest BCUT2D eigenvalue weighted by Gasteiger charge is -2.44. The molecule has 0 radical (unpaired) electrons. The van der Waals surface area contributed by atoms with Gasteiger partial charge in [0.1, 0.15) is 18.1 Å². The molecule has 3 aliphatic rings. The van der Waals surface area contributed by atoms with E-state index >= 15 is 0 Å². The first kappa shape index (κ1) is 49.5. The SMILES string of the molecule is C=CC(=O)C1C[C@H](C)N(C(=O)N(C)[C@H](C(=O)N[C@H]2Cc3nc(cs3)-c3ccc4c(c3)c(c(-c3cccnc3[C@H](C)OC)n4CC)CC(C)(C)COC(=O)[C@@H]3CCCN(N3)C2=O)C(C)C)C[C@@H]1C. The summed E-state index contributed by atoms with van der Waals surface area (Å²) in [5.74, 6) is -2.04.